The fourth-order valence-corrected chi connectivity index (χ4v) is 5.28. The molecule has 4 nitrogen and oxygen atoms in total. The molecule has 0 aliphatic carbocycles. The summed E-state index contributed by atoms with van der Waals surface area (Å²) >= 11 is 7.39. The van der Waals surface area contributed by atoms with Crippen molar-refractivity contribution in [1.82, 2.24) is 5.32 Å². The van der Waals surface area contributed by atoms with E-state index in [2.05, 4.69) is 68.0 Å². The third-order valence-electron chi connectivity index (χ3n) is 5.66. The van der Waals surface area contributed by atoms with E-state index < -0.39 is 0 Å². The number of halogens is 1. The average Bonchev–Trinajstić information content (AvgIpc) is 3.01. The van der Waals surface area contributed by atoms with Crippen LogP contribution in [-0.4, -0.2) is 23.2 Å². The van der Waals surface area contributed by atoms with Gasteiger partial charge in [-0.2, -0.15) is 0 Å². The van der Waals surface area contributed by atoms with E-state index in [-0.39, 0.29) is 11.4 Å². The maximum atomic E-state index is 12.6. The topological polar surface area (TPSA) is 44.7 Å². The Morgan fingerprint density at radius 1 is 1.23 bits per heavy atom. The Kier molecular flexibility index (Phi) is 5.75. The first-order chi connectivity index (χ1) is 14.7. The minimum absolute atomic E-state index is 0.0227. The summed E-state index contributed by atoms with van der Waals surface area (Å²) in [6.07, 6.45) is 4.28. The molecule has 2 aliphatic heterocycles. The number of benzene rings is 2. The van der Waals surface area contributed by atoms with Crippen molar-refractivity contribution in [3.8, 4) is 0 Å². The maximum absolute atomic E-state index is 12.6. The number of amides is 1. The highest BCUT2D eigenvalue weighted by Crippen LogP contribution is 2.41. The number of amidine groups is 1. The molecule has 2 aromatic carbocycles. The summed E-state index contributed by atoms with van der Waals surface area (Å²) in [5.41, 5.74) is 6.60. The van der Waals surface area contributed by atoms with E-state index in [0.29, 0.717) is 20.8 Å². The van der Waals surface area contributed by atoms with E-state index in [4.69, 9.17) is 11.6 Å². The van der Waals surface area contributed by atoms with Crippen LogP contribution in [-0.2, 0) is 4.79 Å². The van der Waals surface area contributed by atoms with Crippen LogP contribution in [0.2, 0.25) is 5.02 Å². The standard InChI is InChI=1S/C25H26ClN3OS/c1-6-29-21-10-15(2)17(11-20(21)16(3)14-25(29,4)5)12-22-23(30)28-24(31-22)27-19-9-7-8-18(26)13-19/h7-14H,6H2,1-5H3,(H,27,28,30)/b22-12-. The van der Waals surface area contributed by atoms with Gasteiger partial charge in [0.05, 0.1) is 16.1 Å². The molecule has 0 atom stereocenters. The minimum atomic E-state index is -0.133. The van der Waals surface area contributed by atoms with Crippen LogP contribution in [0.15, 0.2) is 52.4 Å². The molecule has 0 bridgehead atoms. The lowest BCUT2D eigenvalue weighted by Gasteiger charge is -2.43. The number of aryl methyl sites for hydroxylation is 1. The first-order valence-electron chi connectivity index (χ1n) is 10.3. The Morgan fingerprint density at radius 2 is 2.00 bits per heavy atom. The van der Waals surface area contributed by atoms with Gasteiger partial charge >= 0.3 is 0 Å². The molecule has 1 fully saturated rings. The molecule has 0 aromatic heterocycles. The van der Waals surface area contributed by atoms with Crippen LogP contribution < -0.4 is 10.2 Å². The number of allylic oxidation sites excluding steroid dienone is 1. The molecule has 4 rings (SSSR count). The summed E-state index contributed by atoms with van der Waals surface area (Å²) < 4.78 is 0. The smallest absolute Gasteiger partial charge is 0.264 e. The Bertz CT molecular complexity index is 1160. The third kappa shape index (κ3) is 4.30. The van der Waals surface area contributed by atoms with Crippen LogP contribution >= 0.6 is 23.4 Å². The van der Waals surface area contributed by atoms with Gasteiger partial charge in [-0.25, -0.2) is 4.99 Å². The number of anilines is 1. The zero-order valence-corrected chi connectivity index (χ0v) is 20.0. The Labute approximate surface area is 193 Å². The molecular weight excluding hydrogens is 426 g/mol. The fraction of sp³-hybridized carbons (Fsp3) is 0.280. The normalized spacial score (nSPS) is 20.1. The largest absolute Gasteiger partial charge is 0.363 e. The van der Waals surface area contributed by atoms with Gasteiger partial charge < -0.3 is 10.2 Å². The predicted molar refractivity (Wildman–Crippen MR) is 134 cm³/mol. The molecule has 2 heterocycles. The van der Waals surface area contributed by atoms with Gasteiger partial charge in [-0.15, -0.1) is 0 Å². The molecule has 0 saturated carbocycles. The molecule has 160 valence electrons. The van der Waals surface area contributed by atoms with Gasteiger partial charge in [0.15, 0.2) is 5.17 Å². The van der Waals surface area contributed by atoms with Crippen molar-refractivity contribution < 1.29 is 4.79 Å². The highest BCUT2D eigenvalue weighted by molar-refractivity contribution is 8.18. The Hall–Kier alpha value is -2.50. The van der Waals surface area contributed by atoms with Gasteiger partial charge in [0.2, 0.25) is 0 Å². The van der Waals surface area contributed by atoms with Crippen molar-refractivity contribution in [2.45, 2.75) is 40.2 Å². The Morgan fingerprint density at radius 3 is 2.71 bits per heavy atom. The van der Waals surface area contributed by atoms with Crippen molar-refractivity contribution in [1.29, 1.82) is 0 Å². The first-order valence-corrected chi connectivity index (χ1v) is 11.5. The molecule has 1 saturated heterocycles. The molecule has 0 radical (unpaired) electrons. The molecule has 0 spiro atoms. The summed E-state index contributed by atoms with van der Waals surface area (Å²) in [6.45, 7) is 11.9. The van der Waals surface area contributed by atoms with Crippen molar-refractivity contribution in [2.75, 3.05) is 11.4 Å². The number of hydrogen-bond donors (Lipinski definition) is 1. The minimum Gasteiger partial charge on any atom is -0.363 e. The van der Waals surface area contributed by atoms with Gasteiger partial charge in [-0.3, -0.25) is 4.79 Å². The maximum Gasteiger partial charge on any atom is 0.264 e. The van der Waals surface area contributed by atoms with Gasteiger partial charge in [-0.1, -0.05) is 23.7 Å². The molecule has 2 aromatic rings. The van der Waals surface area contributed by atoms with Crippen molar-refractivity contribution in [2.24, 2.45) is 4.99 Å². The lowest BCUT2D eigenvalue weighted by molar-refractivity contribution is -0.115. The van der Waals surface area contributed by atoms with E-state index in [1.807, 2.05) is 18.2 Å². The lowest BCUT2D eigenvalue weighted by atomic mass is 9.87. The average molecular weight is 452 g/mol. The fourth-order valence-electron chi connectivity index (χ4n) is 4.26. The van der Waals surface area contributed by atoms with Crippen LogP contribution in [0.5, 0.6) is 0 Å². The second kappa shape index (κ2) is 8.21. The SMILES string of the molecule is CCN1c2cc(C)c(/C=C3\SC(=Nc4cccc(Cl)c4)NC3=O)cc2C(C)=CC1(C)C. The van der Waals surface area contributed by atoms with E-state index in [1.54, 1.807) is 12.1 Å². The number of nitrogens with one attached hydrogen (secondary N) is 1. The molecule has 2 aliphatic rings. The monoisotopic (exact) mass is 451 g/mol. The van der Waals surface area contributed by atoms with Crippen molar-refractivity contribution >= 4 is 57.5 Å². The molecular formula is C25H26ClN3OS. The zero-order chi connectivity index (χ0) is 22.3. The third-order valence-corrected chi connectivity index (χ3v) is 6.80. The first kappa shape index (κ1) is 21.7. The van der Waals surface area contributed by atoms with Gasteiger partial charge in [0.25, 0.3) is 5.91 Å². The van der Waals surface area contributed by atoms with Crippen LogP contribution in [0.25, 0.3) is 11.6 Å². The summed E-state index contributed by atoms with van der Waals surface area (Å²) in [7, 11) is 0. The number of likely N-dealkylation sites (N-methyl/N-ethyl adjacent to an activating group) is 1. The number of thioether (sulfide) groups is 1. The highest BCUT2D eigenvalue weighted by atomic mass is 35.5. The quantitative estimate of drug-likeness (QED) is 0.537. The van der Waals surface area contributed by atoms with Crippen LogP contribution in [0.4, 0.5) is 11.4 Å². The summed E-state index contributed by atoms with van der Waals surface area (Å²) in [5, 5.41) is 4.03. The van der Waals surface area contributed by atoms with Crippen LogP contribution in [0, 0.1) is 6.92 Å². The van der Waals surface area contributed by atoms with E-state index in [9.17, 15) is 4.79 Å². The number of nitrogens with zero attached hydrogens (tertiary/aromatic N) is 2. The van der Waals surface area contributed by atoms with E-state index in [1.165, 1.54) is 28.6 Å². The van der Waals surface area contributed by atoms with E-state index >= 15 is 0 Å². The highest BCUT2D eigenvalue weighted by Gasteiger charge is 2.31. The lowest BCUT2D eigenvalue weighted by Crippen LogP contribution is -2.44. The number of aliphatic imine (C=N–C) groups is 1. The number of carbonyl (C=O) groups is 1. The Balaban J connectivity index is 1.68. The molecule has 1 N–H and O–H groups in total. The molecule has 1 amide bonds. The summed E-state index contributed by atoms with van der Waals surface area (Å²) in [4.78, 5) is 20.1. The van der Waals surface area contributed by atoms with Gasteiger partial charge in [0.1, 0.15) is 0 Å². The predicted octanol–water partition coefficient (Wildman–Crippen LogP) is 6.56. The van der Waals surface area contributed by atoms with Gasteiger partial charge in [-0.05, 0) is 99.5 Å². The molecule has 6 heteroatoms. The molecule has 31 heavy (non-hydrogen) atoms. The summed E-state index contributed by atoms with van der Waals surface area (Å²) in [6, 6.07) is 11.7. The second-order valence-corrected chi connectivity index (χ2v) is 9.88. The van der Waals surface area contributed by atoms with Crippen LogP contribution in [0.3, 0.4) is 0 Å². The second-order valence-electron chi connectivity index (χ2n) is 8.41. The van der Waals surface area contributed by atoms with E-state index in [0.717, 1.165) is 17.7 Å². The number of carbonyl (C=O) groups excluding carboxylic acids is 1. The van der Waals surface area contributed by atoms with Crippen molar-refractivity contribution in [3.05, 3.63) is 69.1 Å². The number of hydrogen-bond acceptors (Lipinski definition) is 4. The number of fused-ring (bicyclic) bond motifs is 1. The molecule has 0 unspecified atom stereocenters. The van der Waals surface area contributed by atoms with Crippen LogP contribution in [0.1, 0.15) is 44.4 Å². The zero-order valence-electron chi connectivity index (χ0n) is 18.4. The van der Waals surface area contributed by atoms with Gasteiger partial charge in [0, 0.05) is 22.8 Å². The number of rotatable bonds is 3. The summed E-state index contributed by atoms with van der Waals surface area (Å²) in [5.74, 6) is -0.133. The van der Waals surface area contributed by atoms with Crippen molar-refractivity contribution in [3.63, 3.8) is 0 Å².